The average Bonchev–Trinajstić information content (AvgIpc) is 2.16. The van der Waals surface area contributed by atoms with Crippen LogP contribution in [-0.2, 0) is 6.42 Å². The molecule has 1 atom stereocenters. The van der Waals surface area contributed by atoms with Crippen LogP contribution in [-0.4, -0.2) is 13.0 Å². The topological polar surface area (TPSA) is 26.0 Å². The van der Waals surface area contributed by atoms with E-state index in [9.17, 15) is 0 Å². The molecule has 1 rings (SSSR count). The van der Waals surface area contributed by atoms with Crippen molar-refractivity contribution >= 4 is 13.2 Å². The Morgan fingerprint density at radius 3 is 2.54 bits per heavy atom. The Balaban J connectivity index is 2.95. The van der Waals surface area contributed by atoms with Gasteiger partial charge in [0.1, 0.15) is 0 Å². The second kappa shape index (κ2) is 4.74. The number of hydrogen-bond donors (Lipinski definition) is 1. The molecule has 0 aliphatic rings. The van der Waals surface area contributed by atoms with Crippen molar-refractivity contribution in [3.05, 3.63) is 29.3 Å². The smallest absolute Gasteiger partial charge is 0.0166 e. The van der Waals surface area contributed by atoms with Gasteiger partial charge < -0.3 is 5.73 Å². The third-order valence-corrected chi connectivity index (χ3v) is 4.13. The minimum atomic E-state index is -0.129. The maximum Gasteiger partial charge on any atom is 0.0166 e. The van der Waals surface area contributed by atoms with Crippen LogP contribution in [0.1, 0.15) is 18.1 Å². The summed E-state index contributed by atoms with van der Waals surface area (Å²) in [6.07, 6.45) is 1.91. The number of aryl methyl sites for hydroxylation is 2. The van der Waals surface area contributed by atoms with Crippen molar-refractivity contribution in [3.8, 4) is 0 Å². The fraction of sp³-hybridized carbons (Fsp3) is 0.455. The van der Waals surface area contributed by atoms with E-state index in [4.69, 9.17) is 5.73 Å². The number of hydrogen-bond acceptors (Lipinski definition) is 1. The maximum atomic E-state index is 5.65. The van der Waals surface area contributed by atoms with Crippen LogP contribution in [0.4, 0.5) is 0 Å². The van der Waals surface area contributed by atoms with Gasteiger partial charge in [0.05, 0.1) is 0 Å². The van der Waals surface area contributed by atoms with Gasteiger partial charge in [-0.15, -0.1) is 0 Å². The number of rotatable bonds is 3. The number of benzene rings is 1. The fourth-order valence-corrected chi connectivity index (χ4v) is 2.37. The molecule has 0 aliphatic heterocycles. The molecule has 0 amide bonds. The third kappa shape index (κ3) is 2.52. The molecule has 0 bridgehead atoms. The summed E-state index contributed by atoms with van der Waals surface area (Å²) in [4.78, 5) is 0. The van der Waals surface area contributed by atoms with Gasteiger partial charge in [0, 0.05) is 6.29 Å². The summed E-state index contributed by atoms with van der Waals surface area (Å²) in [6.45, 7) is 6.61. The molecule has 13 heavy (non-hydrogen) atoms. The molecule has 0 heterocycles. The minimum Gasteiger partial charge on any atom is -0.326 e. The summed E-state index contributed by atoms with van der Waals surface area (Å²) < 4.78 is 0. The molecule has 0 aromatic heterocycles. The lowest BCUT2D eigenvalue weighted by Crippen LogP contribution is -2.09. The zero-order valence-corrected chi connectivity index (χ0v) is 9.57. The maximum absolute atomic E-state index is 5.65. The average molecular weight is 195 g/mol. The molecule has 0 fully saturated rings. The zero-order valence-electron chi connectivity index (χ0n) is 8.67. The Labute approximate surface area is 82.1 Å². The van der Waals surface area contributed by atoms with Crippen LogP contribution in [0.25, 0.3) is 0 Å². The Hall–Kier alpha value is -0.390. The Morgan fingerprint density at radius 1 is 1.38 bits per heavy atom. The van der Waals surface area contributed by atoms with Gasteiger partial charge in [-0.05, 0) is 36.4 Å². The van der Waals surface area contributed by atoms with Crippen molar-refractivity contribution in [3.63, 3.8) is 0 Å². The van der Waals surface area contributed by atoms with Gasteiger partial charge in [-0.1, -0.05) is 33.0 Å². The summed E-state index contributed by atoms with van der Waals surface area (Å²) in [5, 5.41) is 1.42. The normalized spacial score (nSPS) is 12.9. The standard InChI is InChI=1S/C11H18NP/c1-4-10-5-6-11(7-9(10)2)13(3)8-12/h5-7H,4,8,12H2,1-3H3. The van der Waals surface area contributed by atoms with Crippen molar-refractivity contribution in [2.75, 3.05) is 13.0 Å². The van der Waals surface area contributed by atoms with E-state index in [0.29, 0.717) is 0 Å². The van der Waals surface area contributed by atoms with Crippen LogP contribution < -0.4 is 11.0 Å². The van der Waals surface area contributed by atoms with Gasteiger partial charge >= 0.3 is 0 Å². The van der Waals surface area contributed by atoms with Gasteiger partial charge in [0.25, 0.3) is 0 Å². The molecule has 2 heteroatoms. The molecular formula is C11H18NP. The Morgan fingerprint density at radius 2 is 2.08 bits per heavy atom. The lowest BCUT2D eigenvalue weighted by Gasteiger charge is -2.12. The van der Waals surface area contributed by atoms with Crippen molar-refractivity contribution in [1.29, 1.82) is 0 Å². The van der Waals surface area contributed by atoms with E-state index in [1.165, 1.54) is 16.4 Å². The highest BCUT2D eigenvalue weighted by molar-refractivity contribution is 7.64. The first-order chi connectivity index (χ1) is 6.19. The molecule has 2 N–H and O–H groups in total. The summed E-state index contributed by atoms with van der Waals surface area (Å²) in [7, 11) is -0.129. The molecule has 0 saturated carbocycles. The van der Waals surface area contributed by atoms with E-state index in [1.54, 1.807) is 0 Å². The second-order valence-electron chi connectivity index (χ2n) is 3.34. The highest BCUT2D eigenvalue weighted by atomic mass is 31.1. The largest absolute Gasteiger partial charge is 0.326 e. The summed E-state index contributed by atoms with van der Waals surface area (Å²) in [6, 6.07) is 6.75. The Kier molecular flexibility index (Phi) is 3.90. The first-order valence-electron chi connectivity index (χ1n) is 4.69. The number of nitrogens with two attached hydrogens (primary N) is 1. The molecule has 1 unspecified atom stereocenters. The van der Waals surface area contributed by atoms with Crippen LogP contribution in [0.2, 0.25) is 0 Å². The molecule has 1 nitrogen and oxygen atoms in total. The van der Waals surface area contributed by atoms with Crippen molar-refractivity contribution < 1.29 is 0 Å². The predicted molar refractivity (Wildman–Crippen MR) is 62.1 cm³/mol. The molecular weight excluding hydrogens is 177 g/mol. The van der Waals surface area contributed by atoms with E-state index in [2.05, 4.69) is 38.7 Å². The first-order valence-corrected chi connectivity index (χ1v) is 6.67. The lowest BCUT2D eigenvalue weighted by molar-refractivity contribution is 1.11. The van der Waals surface area contributed by atoms with E-state index in [-0.39, 0.29) is 7.92 Å². The van der Waals surface area contributed by atoms with E-state index < -0.39 is 0 Å². The van der Waals surface area contributed by atoms with Gasteiger partial charge in [0.15, 0.2) is 0 Å². The van der Waals surface area contributed by atoms with Crippen LogP contribution in [0, 0.1) is 6.92 Å². The predicted octanol–water partition coefficient (Wildman–Crippen LogP) is 2.21. The molecule has 0 radical (unpaired) electrons. The molecule has 72 valence electrons. The van der Waals surface area contributed by atoms with Crippen LogP contribution in [0.5, 0.6) is 0 Å². The summed E-state index contributed by atoms with van der Waals surface area (Å²) >= 11 is 0. The second-order valence-corrected chi connectivity index (χ2v) is 5.62. The van der Waals surface area contributed by atoms with Gasteiger partial charge in [-0.2, -0.15) is 0 Å². The van der Waals surface area contributed by atoms with Gasteiger partial charge in [-0.3, -0.25) is 0 Å². The van der Waals surface area contributed by atoms with Crippen LogP contribution in [0.3, 0.4) is 0 Å². The van der Waals surface area contributed by atoms with E-state index in [1.807, 2.05) is 0 Å². The minimum absolute atomic E-state index is 0.129. The third-order valence-electron chi connectivity index (χ3n) is 2.42. The van der Waals surface area contributed by atoms with Gasteiger partial charge in [0.2, 0.25) is 0 Å². The molecule has 0 saturated heterocycles. The van der Waals surface area contributed by atoms with Crippen molar-refractivity contribution in [2.45, 2.75) is 20.3 Å². The van der Waals surface area contributed by atoms with Crippen LogP contribution >= 0.6 is 7.92 Å². The van der Waals surface area contributed by atoms with E-state index >= 15 is 0 Å². The first kappa shape index (κ1) is 10.7. The van der Waals surface area contributed by atoms with Crippen LogP contribution in [0.15, 0.2) is 18.2 Å². The molecule has 1 aromatic carbocycles. The van der Waals surface area contributed by atoms with Crippen molar-refractivity contribution in [1.82, 2.24) is 0 Å². The fourth-order valence-electron chi connectivity index (χ4n) is 1.42. The highest BCUT2D eigenvalue weighted by Crippen LogP contribution is 2.27. The lowest BCUT2D eigenvalue weighted by atomic mass is 10.1. The van der Waals surface area contributed by atoms with E-state index in [0.717, 1.165) is 12.7 Å². The quantitative estimate of drug-likeness (QED) is 0.735. The molecule has 0 aliphatic carbocycles. The summed E-state index contributed by atoms with van der Waals surface area (Å²) in [5.41, 5.74) is 8.51. The summed E-state index contributed by atoms with van der Waals surface area (Å²) in [5.74, 6) is 0. The van der Waals surface area contributed by atoms with Gasteiger partial charge in [-0.25, -0.2) is 0 Å². The monoisotopic (exact) mass is 195 g/mol. The Bertz CT molecular complexity index is 283. The SMILES string of the molecule is CCc1ccc(P(C)CN)cc1C. The van der Waals surface area contributed by atoms with Crippen molar-refractivity contribution in [2.24, 2.45) is 5.73 Å². The highest BCUT2D eigenvalue weighted by Gasteiger charge is 2.03. The molecule has 0 spiro atoms. The molecule has 1 aromatic rings. The zero-order chi connectivity index (χ0) is 9.84.